The third kappa shape index (κ3) is 3.54. The highest BCUT2D eigenvalue weighted by Gasteiger charge is 2.34. The molecular formula is C18H19ClN2O2. The molecule has 120 valence electrons. The van der Waals surface area contributed by atoms with Crippen molar-refractivity contribution in [3.05, 3.63) is 64.4 Å². The molecule has 4 nitrogen and oxygen atoms in total. The summed E-state index contributed by atoms with van der Waals surface area (Å²) in [4.78, 5) is 18.6. The van der Waals surface area contributed by atoms with Gasteiger partial charge in [0.1, 0.15) is 0 Å². The minimum absolute atomic E-state index is 0.0160. The topological polar surface area (TPSA) is 53.4 Å². The molecule has 1 aromatic carbocycles. The highest BCUT2D eigenvalue weighted by molar-refractivity contribution is 6.31. The van der Waals surface area contributed by atoms with Gasteiger partial charge in [-0.2, -0.15) is 0 Å². The van der Waals surface area contributed by atoms with E-state index in [1.54, 1.807) is 29.3 Å². The number of halogens is 1. The van der Waals surface area contributed by atoms with Crippen molar-refractivity contribution in [1.29, 1.82) is 0 Å². The molecule has 0 aliphatic carbocycles. The van der Waals surface area contributed by atoms with Gasteiger partial charge in [0.15, 0.2) is 0 Å². The van der Waals surface area contributed by atoms with Crippen LogP contribution in [0.1, 0.15) is 21.6 Å². The number of pyridine rings is 1. The molecule has 0 radical (unpaired) electrons. The van der Waals surface area contributed by atoms with Gasteiger partial charge < -0.3 is 10.0 Å². The highest BCUT2D eigenvalue weighted by Crippen LogP contribution is 2.24. The van der Waals surface area contributed by atoms with Crippen molar-refractivity contribution in [3.63, 3.8) is 0 Å². The summed E-state index contributed by atoms with van der Waals surface area (Å²) in [7, 11) is 0. The Labute approximate surface area is 140 Å². The van der Waals surface area contributed by atoms with Crippen LogP contribution in [-0.2, 0) is 6.42 Å². The van der Waals surface area contributed by atoms with Crippen LogP contribution in [0.3, 0.4) is 0 Å². The molecule has 5 heteroatoms. The average molecular weight is 331 g/mol. The van der Waals surface area contributed by atoms with Crippen LogP contribution in [0, 0.1) is 12.8 Å². The number of hydrogen-bond donors (Lipinski definition) is 1. The number of hydrogen-bond acceptors (Lipinski definition) is 3. The first-order valence-corrected chi connectivity index (χ1v) is 8.06. The lowest BCUT2D eigenvalue weighted by molar-refractivity contribution is 0.0764. The van der Waals surface area contributed by atoms with Gasteiger partial charge in [-0.3, -0.25) is 9.78 Å². The van der Waals surface area contributed by atoms with E-state index in [1.165, 1.54) is 0 Å². The number of nitrogens with zero attached hydrogens (tertiary/aromatic N) is 2. The lowest BCUT2D eigenvalue weighted by Crippen LogP contribution is -2.29. The van der Waals surface area contributed by atoms with Crippen LogP contribution < -0.4 is 0 Å². The second-order valence-electron chi connectivity index (χ2n) is 6.03. The molecule has 0 spiro atoms. The van der Waals surface area contributed by atoms with Gasteiger partial charge in [-0.15, -0.1) is 0 Å². The van der Waals surface area contributed by atoms with Gasteiger partial charge >= 0.3 is 0 Å². The van der Waals surface area contributed by atoms with Crippen molar-refractivity contribution >= 4 is 17.5 Å². The molecule has 2 heterocycles. The standard InChI is InChI=1S/C18H19ClN2O2/c1-12-8-13(5-6-16(12)19)18(23)21-10-14(17(22)11-21)9-15-4-2-3-7-20-15/h2-8,14,17,22H,9-11H2,1H3/t14-,17-/m1/s1. The average Bonchev–Trinajstić information content (AvgIpc) is 2.91. The summed E-state index contributed by atoms with van der Waals surface area (Å²) in [5, 5.41) is 10.9. The van der Waals surface area contributed by atoms with Crippen LogP contribution in [0.15, 0.2) is 42.6 Å². The zero-order chi connectivity index (χ0) is 16.4. The fraction of sp³-hybridized carbons (Fsp3) is 0.333. The van der Waals surface area contributed by atoms with Crippen LogP contribution in [-0.4, -0.2) is 40.1 Å². The van der Waals surface area contributed by atoms with Crippen molar-refractivity contribution in [3.8, 4) is 0 Å². The molecule has 3 rings (SSSR count). The van der Waals surface area contributed by atoms with Crippen molar-refractivity contribution in [1.82, 2.24) is 9.88 Å². The molecule has 23 heavy (non-hydrogen) atoms. The van der Waals surface area contributed by atoms with Gasteiger partial charge in [0.05, 0.1) is 6.10 Å². The molecule has 1 aliphatic rings. The van der Waals surface area contributed by atoms with Gasteiger partial charge in [0.25, 0.3) is 5.91 Å². The van der Waals surface area contributed by atoms with Gasteiger partial charge in [0.2, 0.25) is 0 Å². The number of likely N-dealkylation sites (tertiary alicyclic amines) is 1. The summed E-state index contributed by atoms with van der Waals surface area (Å²) >= 11 is 6.01. The van der Waals surface area contributed by atoms with Gasteiger partial charge in [-0.25, -0.2) is 0 Å². The van der Waals surface area contributed by atoms with E-state index in [4.69, 9.17) is 11.6 Å². The van der Waals surface area contributed by atoms with E-state index in [1.807, 2.05) is 25.1 Å². The van der Waals surface area contributed by atoms with Gasteiger partial charge in [-0.1, -0.05) is 17.7 Å². The van der Waals surface area contributed by atoms with Crippen LogP contribution in [0.5, 0.6) is 0 Å². The minimum Gasteiger partial charge on any atom is -0.391 e. The van der Waals surface area contributed by atoms with E-state index < -0.39 is 6.10 Å². The van der Waals surface area contributed by atoms with E-state index in [0.717, 1.165) is 11.3 Å². The molecule has 2 atom stereocenters. The van der Waals surface area contributed by atoms with E-state index in [0.29, 0.717) is 30.1 Å². The van der Waals surface area contributed by atoms with Crippen molar-refractivity contribution in [2.75, 3.05) is 13.1 Å². The molecule has 0 unspecified atom stereocenters. The lowest BCUT2D eigenvalue weighted by Gasteiger charge is -2.16. The number of aliphatic hydroxyl groups excluding tert-OH is 1. The Balaban J connectivity index is 1.70. The smallest absolute Gasteiger partial charge is 0.253 e. The maximum atomic E-state index is 12.6. The molecule has 1 aromatic heterocycles. The number of aliphatic hydroxyl groups is 1. The summed E-state index contributed by atoms with van der Waals surface area (Å²) in [6, 6.07) is 11.0. The van der Waals surface area contributed by atoms with E-state index in [9.17, 15) is 9.90 Å². The monoisotopic (exact) mass is 330 g/mol. The minimum atomic E-state index is -0.519. The number of carbonyl (C=O) groups excluding carboxylic acids is 1. The van der Waals surface area contributed by atoms with Crippen LogP contribution in [0.25, 0.3) is 0 Å². The summed E-state index contributed by atoms with van der Waals surface area (Å²) in [5.41, 5.74) is 2.42. The summed E-state index contributed by atoms with van der Waals surface area (Å²) in [6.45, 7) is 2.78. The molecule has 1 amide bonds. The molecule has 0 bridgehead atoms. The molecule has 1 N–H and O–H groups in total. The second-order valence-corrected chi connectivity index (χ2v) is 6.43. The van der Waals surface area contributed by atoms with Crippen LogP contribution in [0.2, 0.25) is 5.02 Å². The van der Waals surface area contributed by atoms with Crippen LogP contribution >= 0.6 is 11.6 Å². The highest BCUT2D eigenvalue weighted by atomic mass is 35.5. The molecular weight excluding hydrogens is 312 g/mol. The SMILES string of the molecule is Cc1cc(C(=O)N2C[C@@H](Cc3ccccn3)[C@H](O)C2)ccc1Cl. The lowest BCUT2D eigenvalue weighted by atomic mass is 10.00. The predicted molar refractivity (Wildman–Crippen MR) is 89.5 cm³/mol. The predicted octanol–water partition coefficient (Wildman–Crippen LogP) is 2.72. The molecule has 0 saturated carbocycles. The summed E-state index contributed by atoms with van der Waals surface area (Å²) in [5.74, 6) is -0.0467. The maximum Gasteiger partial charge on any atom is 0.253 e. The molecule has 2 aromatic rings. The first-order chi connectivity index (χ1) is 11.0. The number of aromatic nitrogens is 1. The second kappa shape index (κ2) is 6.69. The van der Waals surface area contributed by atoms with Crippen LogP contribution in [0.4, 0.5) is 0 Å². The molecule has 1 saturated heterocycles. The zero-order valence-electron chi connectivity index (χ0n) is 12.9. The Morgan fingerprint density at radius 1 is 1.35 bits per heavy atom. The number of aryl methyl sites for hydroxylation is 1. The molecule has 1 fully saturated rings. The third-order valence-electron chi connectivity index (χ3n) is 4.30. The van der Waals surface area contributed by atoms with E-state index in [-0.39, 0.29) is 11.8 Å². The number of β-amino-alcohol motifs (C(OH)–C–C–N with tert-alkyl or cyclic N) is 1. The third-order valence-corrected chi connectivity index (χ3v) is 4.72. The Kier molecular flexibility index (Phi) is 4.64. The number of amides is 1. The largest absolute Gasteiger partial charge is 0.391 e. The Morgan fingerprint density at radius 2 is 2.17 bits per heavy atom. The van der Waals surface area contributed by atoms with Gasteiger partial charge in [0, 0.05) is 41.5 Å². The number of benzene rings is 1. The van der Waals surface area contributed by atoms with Gasteiger partial charge in [-0.05, 0) is 49.2 Å². The van der Waals surface area contributed by atoms with E-state index >= 15 is 0 Å². The first-order valence-electron chi connectivity index (χ1n) is 7.68. The van der Waals surface area contributed by atoms with Crippen molar-refractivity contribution in [2.45, 2.75) is 19.4 Å². The van der Waals surface area contributed by atoms with Crippen molar-refractivity contribution < 1.29 is 9.90 Å². The summed E-state index contributed by atoms with van der Waals surface area (Å²) < 4.78 is 0. The molecule has 1 aliphatic heterocycles. The Hall–Kier alpha value is -1.91. The zero-order valence-corrected chi connectivity index (χ0v) is 13.7. The van der Waals surface area contributed by atoms with E-state index in [2.05, 4.69) is 4.98 Å². The number of carbonyl (C=O) groups is 1. The fourth-order valence-electron chi connectivity index (χ4n) is 2.97. The quantitative estimate of drug-likeness (QED) is 0.941. The number of rotatable bonds is 3. The Morgan fingerprint density at radius 3 is 2.87 bits per heavy atom. The Bertz CT molecular complexity index is 705. The maximum absolute atomic E-state index is 12.6. The fourth-order valence-corrected chi connectivity index (χ4v) is 3.09. The normalized spacial score (nSPS) is 20.7. The summed E-state index contributed by atoms with van der Waals surface area (Å²) in [6.07, 6.45) is 1.90. The first kappa shape index (κ1) is 16.0. The van der Waals surface area contributed by atoms with Crippen molar-refractivity contribution in [2.24, 2.45) is 5.92 Å².